The molecular formula is C22H17NO4. The van der Waals surface area contributed by atoms with Crippen LogP contribution in [0.3, 0.4) is 0 Å². The van der Waals surface area contributed by atoms with E-state index in [1.165, 1.54) is 0 Å². The summed E-state index contributed by atoms with van der Waals surface area (Å²) < 4.78 is 5.55. The van der Waals surface area contributed by atoms with Gasteiger partial charge in [0.25, 0.3) is 5.91 Å². The first-order valence-electron chi connectivity index (χ1n) is 8.66. The van der Waals surface area contributed by atoms with E-state index in [2.05, 4.69) is 5.32 Å². The summed E-state index contributed by atoms with van der Waals surface area (Å²) in [4.78, 5) is 38.6. The molecule has 4 rings (SSSR count). The largest absolute Gasteiger partial charge is 0.456 e. The number of nitrogens with one attached hydrogen (secondary N) is 1. The Bertz CT molecular complexity index is 1080. The summed E-state index contributed by atoms with van der Waals surface area (Å²) in [5, 5.41) is 2.89. The quantitative estimate of drug-likeness (QED) is 0.603. The summed E-state index contributed by atoms with van der Waals surface area (Å²) in [7, 11) is 0. The smallest absolute Gasteiger partial charge is 0.256 e. The number of benzene rings is 2. The molecule has 5 nitrogen and oxygen atoms in total. The summed E-state index contributed by atoms with van der Waals surface area (Å²) in [6, 6.07) is 15.8. The van der Waals surface area contributed by atoms with Crippen LogP contribution in [0.5, 0.6) is 0 Å². The van der Waals surface area contributed by atoms with Gasteiger partial charge in [0.15, 0.2) is 11.5 Å². The standard InChI is InChI=1S/C22H17NO4/c1-12(14-8-4-3-5-9-14)23-22(26)17-13(2)27-21-18(17)19(24)15-10-6-7-11-16(15)20(21)25/h3-12H,1-2H3,(H,23,26)/t12-/m0/s1. The number of rotatable bonds is 3. The zero-order valence-electron chi connectivity index (χ0n) is 14.9. The fraction of sp³-hybridized carbons (Fsp3) is 0.136. The topological polar surface area (TPSA) is 76.4 Å². The molecule has 0 unspecified atom stereocenters. The number of amides is 1. The zero-order chi connectivity index (χ0) is 19.1. The summed E-state index contributed by atoms with van der Waals surface area (Å²) in [6.07, 6.45) is 0. The molecule has 1 amide bonds. The van der Waals surface area contributed by atoms with Gasteiger partial charge in [0.1, 0.15) is 5.76 Å². The lowest BCUT2D eigenvalue weighted by atomic mass is 9.86. The first kappa shape index (κ1) is 17.0. The summed E-state index contributed by atoms with van der Waals surface area (Å²) in [5.74, 6) is -0.983. The van der Waals surface area contributed by atoms with Crippen molar-refractivity contribution in [1.29, 1.82) is 0 Å². The third-order valence-electron chi connectivity index (χ3n) is 4.81. The van der Waals surface area contributed by atoms with E-state index in [-0.39, 0.29) is 40.3 Å². The van der Waals surface area contributed by atoms with Crippen molar-refractivity contribution in [2.75, 3.05) is 0 Å². The maximum Gasteiger partial charge on any atom is 0.256 e. The van der Waals surface area contributed by atoms with E-state index < -0.39 is 5.91 Å². The Morgan fingerprint density at radius 2 is 1.52 bits per heavy atom. The van der Waals surface area contributed by atoms with E-state index in [9.17, 15) is 14.4 Å². The maximum absolute atomic E-state index is 13.0. The SMILES string of the molecule is Cc1oc2c(c1C(=O)N[C@@H](C)c1ccccc1)C(=O)c1ccccc1C2=O. The Morgan fingerprint density at radius 1 is 0.926 bits per heavy atom. The van der Waals surface area contributed by atoms with Crippen molar-refractivity contribution >= 4 is 17.5 Å². The number of carbonyl (C=O) groups is 3. The van der Waals surface area contributed by atoms with Gasteiger partial charge in [-0.2, -0.15) is 0 Å². The van der Waals surface area contributed by atoms with Gasteiger partial charge in [0, 0.05) is 11.1 Å². The fourth-order valence-corrected chi connectivity index (χ4v) is 3.42. The molecule has 27 heavy (non-hydrogen) atoms. The number of ketones is 2. The third-order valence-corrected chi connectivity index (χ3v) is 4.81. The molecule has 5 heteroatoms. The molecule has 1 aliphatic rings. The first-order chi connectivity index (χ1) is 13.0. The van der Waals surface area contributed by atoms with Crippen molar-refractivity contribution < 1.29 is 18.8 Å². The van der Waals surface area contributed by atoms with Gasteiger partial charge in [-0.25, -0.2) is 0 Å². The second-order valence-electron chi connectivity index (χ2n) is 6.55. The molecule has 1 aliphatic carbocycles. The van der Waals surface area contributed by atoms with Crippen LogP contribution in [0, 0.1) is 6.92 Å². The number of fused-ring (bicyclic) bond motifs is 2. The summed E-state index contributed by atoms with van der Waals surface area (Å²) in [5.41, 5.74) is 1.71. The van der Waals surface area contributed by atoms with Crippen LogP contribution < -0.4 is 5.32 Å². The lowest BCUT2D eigenvalue weighted by molar-refractivity contribution is 0.0927. The molecule has 0 aliphatic heterocycles. The number of furan rings is 1. The third kappa shape index (κ3) is 2.68. The average molecular weight is 359 g/mol. The molecule has 1 N–H and O–H groups in total. The van der Waals surface area contributed by atoms with Crippen molar-refractivity contribution in [3.05, 3.63) is 93.9 Å². The number of carbonyl (C=O) groups excluding carboxylic acids is 3. The Hall–Kier alpha value is -3.47. The molecule has 0 saturated carbocycles. The van der Waals surface area contributed by atoms with Crippen LogP contribution in [0.4, 0.5) is 0 Å². The van der Waals surface area contributed by atoms with Gasteiger partial charge >= 0.3 is 0 Å². The number of aryl methyl sites for hydroxylation is 1. The van der Waals surface area contributed by atoms with Crippen LogP contribution in [0.15, 0.2) is 59.0 Å². The van der Waals surface area contributed by atoms with E-state index in [1.807, 2.05) is 37.3 Å². The van der Waals surface area contributed by atoms with Gasteiger partial charge in [0.2, 0.25) is 5.78 Å². The summed E-state index contributed by atoms with van der Waals surface area (Å²) >= 11 is 0. The molecule has 0 spiro atoms. The molecule has 0 saturated heterocycles. The Morgan fingerprint density at radius 3 is 2.19 bits per heavy atom. The molecule has 0 fully saturated rings. The molecule has 3 aromatic rings. The van der Waals surface area contributed by atoms with E-state index in [0.29, 0.717) is 11.1 Å². The van der Waals surface area contributed by atoms with Crippen LogP contribution in [0.2, 0.25) is 0 Å². The molecule has 0 bridgehead atoms. The van der Waals surface area contributed by atoms with Crippen LogP contribution in [0.25, 0.3) is 0 Å². The highest BCUT2D eigenvalue weighted by atomic mass is 16.4. The number of hydrogen-bond donors (Lipinski definition) is 1. The van der Waals surface area contributed by atoms with Crippen LogP contribution in [-0.2, 0) is 0 Å². The predicted octanol–water partition coefficient (Wildman–Crippen LogP) is 3.85. The maximum atomic E-state index is 13.0. The van der Waals surface area contributed by atoms with E-state index in [0.717, 1.165) is 5.56 Å². The van der Waals surface area contributed by atoms with Crippen molar-refractivity contribution in [1.82, 2.24) is 5.32 Å². The average Bonchev–Trinajstić information content (AvgIpc) is 3.04. The molecule has 2 aromatic carbocycles. The van der Waals surface area contributed by atoms with Gasteiger partial charge in [0.05, 0.1) is 17.2 Å². The number of hydrogen-bond acceptors (Lipinski definition) is 4. The van der Waals surface area contributed by atoms with Gasteiger partial charge in [-0.15, -0.1) is 0 Å². The highest BCUT2D eigenvalue weighted by Crippen LogP contribution is 2.33. The van der Waals surface area contributed by atoms with Gasteiger partial charge in [-0.3, -0.25) is 14.4 Å². The Labute approximate surface area is 156 Å². The highest BCUT2D eigenvalue weighted by molar-refractivity contribution is 6.30. The van der Waals surface area contributed by atoms with Crippen molar-refractivity contribution in [2.24, 2.45) is 0 Å². The zero-order valence-corrected chi connectivity index (χ0v) is 14.9. The van der Waals surface area contributed by atoms with Crippen LogP contribution >= 0.6 is 0 Å². The second-order valence-corrected chi connectivity index (χ2v) is 6.55. The minimum atomic E-state index is -0.436. The van der Waals surface area contributed by atoms with Crippen LogP contribution in [0.1, 0.15) is 66.7 Å². The molecule has 134 valence electrons. The van der Waals surface area contributed by atoms with E-state index >= 15 is 0 Å². The van der Waals surface area contributed by atoms with Crippen LogP contribution in [-0.4, -0.2) is 17.5 Å². The minimum absolute atomic E-state index is 0.0500. The van der Waals surface area contributed by atoms with Crippen molar-refractivity contribution in [2.45, 2.75) is 19.9 Å². The Balaban J connectivity index is 1.73. The second kappa shape index (κ2) is 6.36. The molecule has 1 aromatic heterocycles. The molecule has 1 heterocycles. The van der Waals surface area contributed by atoms with Crippen molar-refractivity contribution in [3.63, 3.8) is 0 Å². The minimum Gasteiger partial charge on any atom is -0.456 e. The highest BCUT2D eigenvalue weighted by Gasteiger charge is 2.38. The Kier molecular flexibility index (Phi) is 4.00. The van der Waals surface area contributed by atoms with Gasteiger partial charge in [-0.1, -0.05) is 54.6 Å². The molecular weight excluding hydrogens is 342 g/mol. The van der Waals surface area contributed by atoms with E-state index in [1.54, 1.807) is 31.2 Å². The fourth-order valence-electron chi connectivity index (χ4n) is 3.42. The van der Waals surface area contributed by atoms with E-state index in [4.69, 9.17) is 4.42 Å². The predicted molar refractivity (Wildman–Crippen MR) is 99.1 cm³/mol. The molecule has 0 radical (unpaired) electrons. The molecule has 1 atom stereocenters. The van der Waals surface area contributed by atoms with Gasteiger partial charge in [-0.05, 0) is 19.4 Å². The first-order valence-corrected chi connectivity index (χ1v) is 8.66. The normalized spacial score (nSPS) is 13.7. The van der Waals surface area contributed by atoms with Crippen molar-refractivity contribution in [3.8, 4) is 0 Å². The van der Waals surface area contributed by atoms with Gasteiger partial charge < -0.3 is 9.73 Å². The lowest BCUT2D eigenvalue weighted by Gasteiger charge is -2.16. The summed E-state index contributed by atoms with van der Waals surface area (Å²) in [6.45, 7) is 3.45. The monoisotopic (exact) mass is 359 g/mol. The lowest BCUT2D eigenvalue weighted by Crippen LogP contribution is -2.29.